The number of fused-ring (bicyclic) bond motifs is 1. The summed E-state index contributed by atoms with van der Waals surface area (Å²) in [5.74, 6) is 0. The van der Waals surface area contributed by atoms with Crippen LogP contribution in [0.5, 0.6) is 0 Å². The highest BCUT2D eigenvalue weighted by atomic mass is 35.5. The second-order valence-corrected chi connectivity index (χ2v) is 4.80. The minimum Gasteiger partial charge on any atom is -0.264 e. The van der Waals surface area contributed by atoms with Gasteiger partial charge in [0, 0.05) is 28.2 Å². The molecule has 0 saturated heterocycles. The highest BCUT2D eigenvalue weighted by Crippen LogP contribution is 2.32. The first-order valence-electron chi connectivity index (χ1n) is 4.79. The van der Waals surface area contributed by atoms with Gasteiger partial charge in [0.25, 0.3) is 0 Å². The third-order valence-electron chi connectivity index (χ3n) is 2.30. The van der Waals surface area contributed by atoms with Crippen LogP contribution in [0.1, 0.15) is 0 Å². The van der Waals surface area contributed by atoms with E-state index in [1.54, 1.807) is 17.5 Å². The molecule has 0 unspecified atom stereocenters. The number of nitrogens with zero attached hydrogens (tertiary/aromatic N) is 2. The lowest BCUT2D eigenvalue weighted by atomic mass is 10.2. The van der Waals surface area contributed by atoms with Crippen molar-refractivity contribution in [3.63, 3.8) is 0 Å². The van der Waals surface area contributed by atoms with E-state index in [1.807, 2.05) is 30.5 Å². The minimum absolute atomic E-state index is 0.534. The Morgan fingerprint density at radius 3 is 2.94 bits per heavy atom. The Labute approximate surface area is 102 Å². The lowest BCUT2D eigenvalue weighted by Gasteiger charge is -1.92. The van der Waals surface area contributed by atoms with Gasteiger partial charge in [0.15, 0.2) is 0 Å². The van der Waals surface area contributed by atoms with E-state index in [9.17, 15) is 0 Å². The summed E-state index contributed by atoms with van der Waals surface area (Å²) in [6.07, 6.45) is 3.62. The maximum Gasteiger partial charge on any atom is 0.130 e. The van der Waals surface area contributed by atoms with Gasteiger partial charge in [-0.2, -0.15) is 0 Å². The number of rotatable bonds is 1. The smallest absolute Gasteiger partial charge is 0.130 e. The summed E-state index contributed by atoms with van der Waals surface area (Å²) in [6.45, 7) is 0. The Kier molecular flexibility index (Phi) is 2.35. The molecule has 0 saturated carbocycles. The number of halogens is 1. The van der Waals surface area contributed by atoms with Crippen molar-refractivity contribution in [2.24, 2.45) is 0 Å². The van der Waals surface area contributed by atoms with Gasteiger partial charge in [-0.15, -0.1) is 11.3 Å². The summed E-state index contributed by atoms with van der Waals surface area (Å²) >= 11 is 7.49. The molecule has 0 aliphatic heterocycles. The molecule has 16 heavy (non-hydrogen) atoms. The van der Waals surface area contributed by atoms with E-state index in [0.717, 1.165) is 20.7 Å². The van der Waals surface area contributed by atoms with Gasteiger partial charge >= 0.3 is 0 Å². The second-order valence-electron chi connectivity index (χ2n) is 3.38. The molecule has 0 N–H and O–H groups in total. The quantitative estimate of drug-likeness (QED) is 0.607. The Hall–Kier alpha value is -1.45. The van der Waals surface area contributed by atoms with Gasteiger partial charge in [-0.3, -0.25) is 4.98 Å². The highest BCUT2D eigenvalue weighted by molar-refractivity contribution is 7.21. The molecule has 0 aromatic carbocycles. The van der Waals surface area contributed by atoms with Crippen LogP contribution in [0.15, 0.2) is 42.7 Å². The van der Waals surface area contributed by atoms with Crippen molar-refractivity contribution in [2.75, 3.05) is 0 Å². The molecule has 0 aliphatic rings. The van der Waals surface area contributed by atoms with E-state index in [-0.39, 0.29) is 0 Å². The van der Waals surface area contributed by atoms with Crippen LogP contribution < -0.4 is 0 Å². The fraction of sp³-hybridized carbons (Fsp3) is 0. The van der Waals surface area contributed by atoms with Crippen LogP contribution in [0.2, 0.25) is 5.15 Å². The van der Waals surface area contributed by atoms with Crippen molar-refractivity contribution in [3.05, 3.63) is 47.9 Å². The van der Waals surface area contributed by atoms with Crippen molar-refractivity contribution < 1.29 is 0 Å². The van der Waals surface area contributed by atoms with Crippen LogP contribution in [-0.2, 0) is 0 Å². The topological polar surface area (TPSA) is 25.8 Å². The zero-order valence-electron chi connectivity index (χ0n) is 8.22. The number of hydrogen-bond donors (Lipinski definition) is 0. The molecule has 3 heterocycles. The molecule has 0 amide bonds. The Bertz CT molecular complexity index is 634. The Balaban J connectivity index is 2.19. The Morgan fingerprint density at radius 1 is 1.19 bits per heavy atom. The van der Waals surface area contributed by atoms with Gasteiger partial charge in [-0.1, -0.05) is 17.7 Å². The lowest BCUT2D eigenvalue weighted by Crippen LogP contribution is -1.72. The summed E-state index contributed by atoms with van der Waals surface area (Å²) in [6, 6.07) is 9.88. The predicted molar refractivity (Wildman–Crippen MR) is 67.9 cm³/mol. The Morgan fingerprint density at radius 2 is 2.12 bits per heavy atom. The van der Waals surface area contributed by atoms with E-state index in [4.69, 9.17) is 11.6 Å². The van der Waals surface area contributed by atoms with Crippen LogP contribution in [0.25, 0.3) is 20.7 Å². The lowest BCUT2D eigenvalue weighted by molar-refractivity contribution is 1.33. The standard InChI is InChI=1S/C12H7ClN2S/c13-11-4-3-8-6-10(16-12(8)15-11)9-2-1-5-14-7-9/h1-7H. The van der Waals surface area contributed by atoms with Gasteiger partial charge in [0.1, 0.15) is 9.98 Å². The summed E-state index contributed by atoms with van der Waals surface area (Å²) in [5, 5.41) is 1.65. The van der Waals surface area contributed by atoms with Crippen LogP contribution in [0, 0.1) is 0 Å². The maximum atomic E-state index is 5.86. The van der Waals surface area contributed by atoms with E-state index in [1.165, 1.54) is 0 Å². The molecule has 0 spiro atoms. The van der Waals surface area contributed by atoms with Crippen molar-refractivity contribution in [1.29, 1.82) is 0 Å². The normalized spacial score (nSPS) is 10.8. The summed E-state index contributed by atoms with van der Waals surface area (Å²) in [7, 11) is 0. The van der Waals surface area contributed by atoms with Crippen molar-refractivity contribution in [2.45, 2.75) is 0 Å². The number of hydrogen-bond acceptors (Lipinski definition) is 3. The van der Waals surface area contributed by atoms with E-state index >= 15 is 0 Å². The van der Waals surface area contributed by atoms with Crippen LogP contribution >= 0.6 is 22.9 Å². The number of pyridine rings is 2. The van der Waals surface area contributed by atoms with Crippen LogP contribution in [0.3, 0.4) is 0 Å². The van der Waals surface area contributed by atoms with Gasteiger partial charge < -0.3 is 0 Å². The van der Waals surface area contributed by atoms with Gasteiger partial charge in [-0.05, 0) is 24.3 Å². The molecule has 4 heteroatoms. The van der Waals surface area contributed by atoms with E-state index in [2.05, 4.69) is 16.0 Å². The van der Waals surface area contributed by atoms with Crippen molar-refractivity contribution >= 4 is 33.2 Å². The first-order valence-corrected chi connectivity index (χ1v) is 5.99. The number of aromatic nitrogens is 2. The maximum absolute atomic E-state index is 5.86. The molecule has 0 bridgehead atoms. The molecular formula is C12H7ClN2S. The number of thiophene rings is 1. The molecule has 3 rings (SSSR count). The molecule has 0 atom stereocenters. The SMILES string of the molecule is Clc1ccc2cc(-c3cccnc3)sc2n1. The van der Waals surface area contributed by atoms with Crippen molar-refractivity contribution in [1.82, 2.24) is 9.97 Å². The first-order chi connectivity index (χ1) is 7.83. The third kappa shape index (κ3) is 1.68. The van der Waals surface area contributed by atoms with Gasteiger partial charge in [-0.25, -0.2) is 4.98 Å². The summed E-state index contributed by atoms with van der Waals surface area (Å²) in [5.41, 5.74) is 1.11. The predicted octanol–water partition coefficient (Wildman–Crippen LogP) is 4.01. The first kappa shape index (κ1) is 9.75. The monoisotopic (exact) mass is 246 g/mol. The molecule has 0 radical (unpaired) electrons. The average molecular weight is 247 g/mol. The molecule has 3 aromatic rings. The van der Waals surface area contributed by atoms with E-state index in [0.29, 0.717) is 5.15 Å². The van der Waals surface area contributed by atoms with Crippen LogP contribution in [-0.4, -0.2) is 9.97 Å². The highest BCUT2D eigenvalue weighted by Gasteiger charge is 2.05. The molecule has 0 fully saturated rings. The van der Waals surface area contributed by atoms with Crippen molar-refractivity contribution in [3.8, 4) is 10.4 Å². The average Bonchev–Trinajstić information content (AvgIpc) is 2.73. The van der Waals surface area contributed by atoms with E-state index < -0.39 is 0 Å². The zero-order chi connectivity index (χ0) is 11.0. The molecule has 2 nitrogen and oxygen atoms in total. The summed E-state index contributed by atoms with van der Waals surface area (Å²) < 4.78 is 0. The second kappa shape index (κ2) is 3.85. The summed E-state index contributed by atoms with van der Waals surface area (Å²) in [4.78, 5) is 10.5. The zero-order valence-corrected chi connectivity index (χ0v) is 9.79. The molecular weight excluding hydrogens is 240 g/mol. The molecule has 0 aliphatic carbocycles. The largest absolute Gasteiger partial charge is 0.264 e. The van der Waals surface area contributed by atoms with Gasteiger partial charge in [0.05, 0.1) is 0 Å². The third-order valence-corrected chi connectivity index (χ3v) is 3.60. The van der Waals surface area contributed by atoms with Gasteiger partial charge in [0.2, 0.25) is 0 Å². The fourth-order valence-corrected chi connectivity index (χ4v) is 2.77. The minimum atomic E-state index is 0.534. The molecule has 3 aromatic heterocycles. The fourth-order valence-electron chi connectivity index (χ4n) is 1.55. The van der Waals surface area contributed by atoms with Crippen LogP contribution in [0.4, 0.5) is 0 Å². The molecule has 78 valence electrons.